The van der Waals surface area contributed by atoms with Crippen LogP contribution in [0, 0.1) is 0 Å². The van der Waals surface area contributed by atoms with Gasteiger partial charge in [0.1, 0.15) is 5.82 Å². The second kappa shape index (κ2) is 12.8. The molecule has 13 heteroatoms. The van der Waals surface area contributed by atoms with Crippen molar-refractivity contribution >= 4 is 56.3 Å². The van der Waals surface area contributed by atoms with E-state index in [-0.39, 0.29) is 30.0 Å². The summed E-state index contributed by atoms with van der Waals surface area (Å²) in [5.41, 5.74) is 4.05. The quantitative estimate of drug-likeness (QED) is 0.263. The van der Waals surface area contributed by atoms with Crippen molar-refractivity contribution in [1.29, 1.82) is 0 Å². The van der Waals surface area contributed by atoms with Gasteiger partial charge >= 0.3 is 0 Å². The Morgan fingerprint density at radius 3 is 2.44 bits per heavy atom. The third-order valence-corrected chi connectivity index (χ3v) is 9.80. The fourth-order valence-corrected chi connectivity index (χ4v) is 7.17. The number of anilines is 3. The number of hydrogen-bond acceptors (Lipinski definition) is 8. The summed E-state index contributed by atoms with van der Waals surface area (Å²) < 4.78 is 22.4. The van der Waals surface area contributed by atoms with Crippen molar-refractivity contribution in [2.24, 2.45) is 5.14 Å². The van der Waals surface area contributed by atoms with Crippen LogP contribution in [0.5, 0.6) is 0 Å². The lowest BCUT2D eigenvalue weighted by molar-refractivity contribution is 0.0957. The van der Waals surface area contributed by atoms with E-state index < -0.39 is 10.0 Å². The average molecular weight is 645 g/mol. The van der Waals surface area contributed by atoms with Crippen LogP contribution < -0.4 is 25.6 Å². The minimum atomic E-state index is -3.68. The Morgan fingerprint density at radius 2 is 1.69 bits per heavy atom. The maximum Gasteiger partial charge on any atom is 0.261 e. The Bertz CT molecular complexity index is 1870. The molecule has 2 aromatic carbocycles. The van der Waals surface area contributed by atoms with Crippen LogP contribution in [0.4, 0.5) is 17.2 Å². The standard InChI is InChI=1S/C32H32N6O5S2/c33-45(42,43)19-15-35-31(40)27-20-22-13-18-38(26-8-2-1-6-24(26)28(22)44-27)32(41)21-9-11-23(12-10-21)36-30(39)25-7-5-14-34-29(25)37-16-3-4-17-37/h1-2,5-12,14,20H,3-4,13,15-19H2,(H,35,40)(H,36,39)(H2,33,42,43). The molecule has 4 aromatic rings. The SMILES string of the molecule is NS(=O)(=O)CCNC(=O)c1cc2c(s1)-c1ccccc1N(C(=O)c1ccc(NC(=O)c3cccnc3N3CCCC3)cc1)CC2. The van der Waals surface area contributed by atoms with Crippen molar-refractivity contribution in [2.45, 2.75) is 19.3 Å². The number of para-hydroxylation sites is 1. The van der Waals surface area contributed by atoms with E-state index in [1.807, 2.05) is 24.3 Å². The molecule has 4 N–H and O–H groups in total. The third kappa shape index (κ3) is 6.75. The van der Waals surface area contributed by atoms with Crippen LogP contribution in [-0.4, -0.2) is 63.1 Å². The highest BCUT2D eigenvalue weighted by atomic mass is 32.2. The summed E-state index contributed by atoms with van der Waals surface area (Å²) in [5.74, 6) is -0.469. The highest BCUT2D eigenvalue weighted by Gasteiger charge is 2.28. The van der Waals surface area contributed by atoms with Gasteiger partial charge in [-0.05, 0) is 73.4 Å². The summed E-state index contributed by atoms with van der Waals surface area (Å²) in [6, 6.07) is 19.7. The molecule has 1 fully saturated rings. The number of carbonyl (C=O) groups is 3. The van der Waals surface area contributed by atoms with E-state index >= 15 is 0 Å². The maximum atomic E-state index is 13.8. The largest absolute Gasteiger partial charge is 0.356 e. The smallest absolute Gasteiger partial charge is 0.261 e. The van der Waals surface area contributed by atoms with Gasteiger partial charge in [0.05, 0.1) is 21.9 Å². The van der Waals surface area contributed by atoms with Crippen molar-refractivity contribution in [1.82, 2.24) is 10.3 Å². The molecule has 0 aliphatic carbocycles. The lowest BCUT2D eigenvalue weighted by atomic mass is 10.1. The number of benzene rings is 2. The first-order valence-electron chi connectivity index (χ1n) is 14.6. The fraction of sp³-hybridized carbons (Fsp3) is 0.250. The van der Waals surface area contributed by atoms with Crippen LogP contribution in [0.15, 0.2) is 72.9 Å². The number of nitrogens with zero attached hydrogens (tertiary/aromatic N) is 3. The number of nitrogens with one attached hydrogen (secondary N) is 2. The number of sulfonamides is 1. The number of carbonyl (C=O) groups excluding carboxylic acids is 3. The Morgan fingerprint density at radius 1 is 0.933 bits per heavy atom. The number of thiophene rings is 1. The molecule has 4 heterocycles. The Kier molecular flexibility index (Phi) is 8.65. The van der Waals surface area contributed by atoms with Crippen LogP contribution >= 0.6 is 11.3 Å². The van der Waals surface area contributed by atoms with Crippen molar-refractivity contribution in [3.63, 3.8) is 0 Å². The lowest BCUT2D eigenvalue weighted by Gasteiger charge is -2.23. The monoisotopic (exact) mass is 644 g/mol. The van der Waals surface area contributed by atoms with E-state index in [9.17, 15) is 22.8 Å². The van der Waals surface area contributed by atoms with Crippen molar-refractivity contribution in [3.05, 3.63) is 94.5 Å². The van der Waals surface area contributed by atoms with Gasteiger partial charge < -0.3 is 20.4 Å². The molecule has 2 aliphatic heterocycles. The fourth-order valence-electron chi connectivity index (χ4n) is 5.62. The summed E-state index contributed by atoms with van der Waals surface area (Å²) in [5, 5.41) is 10.6. The number of hydrogen-bond donors (Lipinski definition) is 3. The number of nitrogens with two attached hydrogens (primary N) is 1. The molecule has 1 saturated heterocycles. The Balaban J connectivity index is 1.17. The van der Waals surface area contributed by atoms with Gasteiger partial charge in [-0.3, -0.25) is 14.4 Å². The van der Waals surface area contributed by atoms with Crippen LogP contribution in [0.25, 0.3) is 10.4 Å². The predicted octanol–water partition coefficient (Wildman–Crippen LogP) is 3.88. The molecule has 11 nitrogen and oxygen atoms in total. The molecule has 0 bridgehead atoms. The number of pyridine rings is 1. The van der Waals surface area contributed by atoms with E-state index in [0.29, 0.717) is 40.5 Å². The number of aromatic nitrogens is 1. The molecule has 2 aliphatic rings. The van der Waals surface area contributed by atoms with Crippen molar-refractivity contribution < 1.29 is 22.8 Å². The van der Waals surface area contributed by atoms with Gasteiger partial charge in [-0.15, -0.1) is 11.3 Å². The van der Waals surface area contributed by atoms with Gasteiger partial charge in [-0.1, -0.05) is 18.2 Å². The number of primary sulfonamides is 1. The molecule has 45 heavy (non-hydrogen) atoms. The molecule has 0 saturated carbocycles. The molecule has 2 aromatic heterocycles. The van der Waals surface area contributed by atoms with Gasteiger partial charge in [0.25, 0.3) is 17.7 Å². The minimum Gasteiger partial charge on any atom is -0.356 e. The minimum absolute atomic E-state index is 0.0787. The molecule has 0 spiro atoms. The van der Waals surface area contributed by atoms with Crippen LogP contribution in [0.1, 0.15) is 48.8 Å². The second-order valence-electron chi connectivity index (χ2n) is 10.9. The summed E-state index contributed by atoms with van der Waals surface area (Å²) in [6.07, 6.45) is 4.37. The average Bonchev–Trinajstić information content (AvgIpc) is 3.69. The number of rotatable bonds is 8. The van der Waals surface area contributed by atoms with Crippen LogP contribution in [0.3, 0.4) is 0 Å². The molecule has 232 valence electrons. The predicted molar refractivity (Wildman–Crippen MR) is 176 cm³/mol. The summed E-state index contributed by atoms with van der Waals surface area (Å²) in [7, 11) is -3.68. The number of amides is 3. The van der Waals surface area contributed by atoms with Gasteiger partial charge in [-0.25, -0.2) is 18.5 Å². The summed E-state index contributed by atoms with van der Waals surface area (Å²) in [4.78, 5) is 49.4. The van der Waals surface area contributed by atoms with Crippen molar-refractivity contribution in [2.75, 3.05) is 47.0 Å². The zero-order chi connectivity index (χ0) is 31.6. The molecule has 6 rings (SSSR count). The molecule has 0 unspecified atom stereocenters. The van der Waals surface area contributed by atoms with E-state index in [1.165, 1.54) is 11.3 Å². The van der Waals surface area contributed by atoms with Crippen molar-refractivity contribution in [3.8, 4) is 10.4 Å². The lowest BCUT2D eigenvalue weighted by Crippen LogP contribution is -2.32. The van der Waals surface area contributed by atoms with Gasteiger partial charge in [0.2, 0.25) is 10.0 Å². The first-order valence-corrected chi connectivity index (χ1v) is 17.2. The second-order valence-corrected chi connectivity index (χ2v) is 13.7. The van der Waals surface area contributed by atoms with E-state index in [4.69, 9.17) is 5.14 Å². The van der Waals surface area contributed by atoms with E-state index in [1.54, 1.807) is 53.6 Å². The first-order chi connectivity index (χ1) is 21.7. The van der Waals surface area contributed by atoms with Crippen LogP contribution in [0.2, 0.25) is 0 Å². The molecular weight excluding hydrogens is 613 g/mol. The third-order valence-electron chi connectivity index (χ3n) is 7.82. The summed E-state index contributed by atoms with van der Waals surface area (Å²) in [6.45, 7) is 2.07. The van der Waals surface area contributed by atoms with E-state index in [0.717, 1.165) is 47.6 Å². The molecule has 0 radical (unpaired) electrons. The Hall–Kier alpha value is -4.59. The molecule has 3 amide bonds. The normalized spacial score (nSPS) is 14.3. The van der Waals surface area contributed by atoms with Gasteiger partial charge in [-0.2, -0.15) is 0 Å². The molecular formula is C32H32N6O5S2. The topological polar surface area (TPSA) is 155 Å². The maximum absolute atomic E-state index is 13.8. The zero-order valence-electron chi connectivity index (χ0n) is 24.4. The number of fused-ring (bicyclic) bond motifs is 3. The zero-order valence-corrected chi connectivity index (χ0v) is 26.0. The Labute approximate surface area is 265 Å². The van der Waals surface area contributed by atoms with Gasteiger partial charge in [0.15, 0.2) is 0 Å². The highest BCUT2D eigenvalue weighted by Crippen LogP contribution is 2.41. The molecule has 0 atom stereocenters. The highest BCUT2D eigenvalue weighted by molar-refractivity contribution is 7.89. The summed E-state index contributed by atoms with van der Waals surface area (Å²) >= 11 is 1.30. The van der Waals surface area contributed by atoms with E-state index in [2.05, 4.69) is 20.5 Å². The first kappa shape index (κ1) is 30.4. The van der Waals surface area contributed by atoms with Crippen LogP contribution in [-0.2, 0) is 16.4 Å². The van der Waals surface area contributed by atoms with Gasteiger partial charge in [0, 0.05) is 54.1 Å².